The molecule has 0 N–H and O–H groups in total. The monoisotopic (exact) mass is 392 g/mol. The number of nitrogens with zero attached hydrogens (tertiary/aromatic N) is 2. The van der Waals surface area contributed by atoms with E-state index in [-0.39, 0.29) is 24.4 Å². The molecular formula is C19H24N2O7. The van der Waals surface area contributed by atoms with E-state index in [4.69, 9.17) is 14.2 Å². The highest BCUT2D eigenvalue weighted by Crippen LogP contribution is 2.43. The Bertz CT molecular complexity index is 823. The highest BCUT2D eigenvalue weighted by atomic mass is 16.6. The molecule has 9 heteroatoms. The van der Waals surface area contributed by atoms with Crippen LogP contribution in [0.1, 0.15) is 25.8 Å². The van der Waals surface area contributed by atoms with Crippen molar-refractivity contribution in [2.75, 3.05) is 33.9 Å². The summed E-state index contributed by atoms with van der Waals surface area (Å²) in [7, 11) is 3.28. The van der Waals surface area contributed by atoms with Gasteiger partial charge in [-0.2, -0.15) is 0 Å². The molecule has 2 saturated heterocycles. The predicted octanol–water partition coefficient (Wildman–Crippen LogP) is 1.67. The fraction of sp³-hybridized carbons (Fsp3) is 0.579. The van der Waals surface area contributed by atoms with Crippen LogP contribution in [0, 0.1) is 15.5 Å². The first kappa shape index (κ1) is 20.1. The van der Waals surface area contributed by atoms with Crippen LogP contribution in [0.25, 0.3) is 0 Å². The summed E-state index contributed by atoms with van der Waals surface area (Å²) in [5.41, 5.74) is -1.89. The lowest BCUT2D eigenvalue weighted by molar-refractivity contribution is -0.386. The van der Waals surface area contributed by atoms with Crippen molar-refractivity contribution >= 4 is 17.6 Å². The molecule has 1 unspecified atom stereocenters. The third-order valence-electron chi connectivity index (χ3n) is 5.50. The van der Waals surface area contributed by atoms with Gasteiger partial charge in [-0.25, -0.2) is 4.79 Å². The molecule has 28 heavy (non-hydrogen) atoms. The van der Waals surface area contributed by atoms with Crippen molar-refractivity contribution in [3.8, 4) is 5.75 Å². The lowest BCUT2D eigenvalue weighted by atomic mass is 9.78. The van der Waals surface area contributed by atoms with Gasteiger partial charge in [0.1, 0.15) is 17.8 Å². The molecule has 3 rings (SSSR count). The van der Waals surface area contributed by atoms with Crippen molar-refractivity contribution in [3.63, 3.8) is 0 Å². The minimum Gasteiger partial charge on any atom is -0.497 e. The zero-order valence-electron chi connectivity index (χ0n) is 16.4. The van der Waals surface area contributed by atoms with Crippen LogP contribution in [0.2, 0.25) is 0 Å². The van der Waals surface area contributed by atoms with E-state index in [1.807, 2.05) is 11.9 Å². The van der Waals surface area contributed by atoms with Crippen LogP contribution in [0.4, 0.5) is 5.69 Å². The number of likely N-dealkylation sites (N-methyl/N-ethyl adjacent to an activating group) is 1. The third kappa shape index (κ3) is 3.30. The van der Waals surface area contributed by atoms with E-state index in [1.54, 1.807) is 13.8 Å². The summed E-state index contributed by atoms with van der Waals surface area (Å²) in [6.45, 7) is 4.49. The number of methoxy groups -OCH3 is 1. The number of carbonyl (C=O) groups is 2. The van der Waals surface area contributed by atoms with E-state index in [9.17, 15) is 19.7 Å². The number of ether oxygens (including phenoxy) is 3. The number of likely N-dealkylation sites (tertiary alicyclic amines) is 1. The number of hydrogen-bond acceptors (Lipinski definition) is 8. The first-order valence-corrected chi connectivity index (χ1v) is 9.00. The second-order valence-corrected chi connectivity index (χ2v) is 8.09. The molecule has 152 valence electrons. The lowest BCUT2D eigenvalue weighted by Gasteiger charge is -2.30. The van der Waals surface area contributed by atoms with Gasteiger partial charge in [-0.05, 0) is 32.1 Å². The molecule has 9 nitrogen and oxygen atoms in total. The van der Waals surface area contributed by atoms with Crippen LogP contribution in [0.15, 0.2) is 18.2 Å². The summed E-state index contributed by atoms with van der Waals surface area (Å²) in [6, 6.07) is 4.32. The summed E-state index contributed by atoms with van der Waals surface area (Å²) in [5, 5.41) is 11.6. The van der Waals surface area contributed by atoms with E-state index in [1.165, 1.54) is 25.3 Å². The summed E-state index contributed by atoms with van der Waals surface area (Å²) >= 11 is 0. The second-order valence-electron chi connectivity index (χ2n) is 8.09. The largest absolute Gasteiger partial charge is 0.497 e. The van der Waals surface area contributed by atoms with E-state index in [2.05, 4.69) is 0 Å². The highest BCUT2D eigenvalue weighted by Gasteiger charge is 2.54. The smallest absolute Gasteiger partial charge is 0.348 e. The van der Waals surface area contributed by atoms with E-state index in [0.717, 1.165) is 0 Å². The molecule has 0 radical (unpaired) electrons. The maximum atomic E-state index is 13.4. The Morgan fingerprint density at radius 2 is 2.11 bits per heavy atom. The molecule has 2 fully saturated rings. The van der Waals surface area contributed by atoms with Crippen molar-refractivity contribution in [1.29, 1.82) is 0 Å². The van der Waals surface area contributed by atoms with Crippen LogP contribution in [0.5, 0.6) is 5.75 Å². The van der Waals surface area contributed by atoms with Crippen LogP contribution in [0.3, 0.4) is 0 Å². The van der Waals surface area contributed by atoms with Gasteiger partial charge in [0.15, 0.2) is 0 Å². The summed E-state index contributed by atoms with van der Waals surface area (Å²) in [6.07, 6.45) is -0.717. The molecular weight excluding hydrogens is 368 g/mol. The topological polar surface area (TPSA) is 108 Å². The number of nitro benzene ring substituents is 1. The summed E-state index contributed by atoms with van der Waals surface area (Å²) < 4.78 is 15.9. The first-order chi connectivity index (χ1) is 13.1. The Morgan fingerprint density at radius 3 is 2.61 bits per heavy atom. The molecule has 1 aromatic carbocycles. The molecule has 0 aliphatic carbocycles. The van der Waals surface area contributed by atoms with Crippen LogP contribution in [-0.4, -0.2) is 61.7 Å². The van der Waals surface area contributed by atoms with Crippen molar-refractivity contribution in [1.82, 2.24) is 4.90 Å². The second kappa shape index (κ2) is 7.05. The number of carbonyl (C=O) groups excluding carboxylic acids is 2. The van der Waals surface area contributed by atoms with Crippen molar-refractivity contribution in [2.45, 2.75) is 31.8 Å². The molecule has 2 aliphatic rings. The Balaban J connectivity index is 2.06. The quantitative estimate of drug-likeness (QED) is 0.423. The number of nitro groups is 1. The zero-order valence-corrected chi connectivity index (χ0v) is 16.4. The predicted molar refractivity (Wildman–Crippen MR) is 98.1 cm³/mol. The molecule has 0 saturated carbocycles. The van der Waals surface area contributed by atoms with Crippen molar-refractivity contribution in [2.24, 2.45) is 5.41 Å². The average Bonchev–Trinajstić information content (AvgIpc) is 3.16. The van der Waals surface area contributed by atoms with Gasteiger partial charge in [0.25, 0.3) is 5.69 Å². The fourth-order valence-corrected chi connectivity index (χ4v) is 3.84. The van der Waals surface area contributed by atoms with Crippen LogP contribution in [-0.2, 0) is 24.5 Å². The van der Waals surface area contributed by atoms with Crippen LogP contribution < -0.4 is 4.74 Å². The number of cyclic esters (lactones) is 1. The van der Waals surface area contributed by atoms with Gasteiger partial charge in [0.2, 0.25) is 6.10 Å². The van der Waals surface area contributed by atoms with Gasteiger partial charge in [-0.15, -0.1) is 0 Å². The molecule has 0 bridgehead atoms. The maximum absolute atomic E-state index is 13.4. The number of esters is 2. The number of rotatable bonds is 5. The molecule has 2 heterocycles. The SMILES string of the molecule is COc1ccc([N+](=O)[O-])c(C2(C(=O)O[C@H]3C(=O)OCC3(C)C)CCN(C)C2)c1. The minimum absolute atomic E-state index is 0.149. The van der Waals surface area contributed by atoms with Gasteiger partial charge in [-0.3, -0.25) is 14.9 Å². The van der Waals surface area contributed by atoms with Gasteiger partial charge in [-0.1, -0.05) is 13.8 Å². The molecule has 0 spiro atoms. The molecule has 2 atom stereocenters. The summed E-state index contributed by atoms with van der Waals surface area (Å²) in [5.74, 6) is -0.854. The highest BCUT2D eigenvalue weighted by molar-refractivity contribution is 5.89. The minimum atomic E-state index is -1.27. The number of benzene rings is 1. The van der Waals surface area contributed by atoms with Crippen molar-refractivity contribution in [3.05, 3.63) is 33.9 Å². The Hall–Kier alpha value is -2.68. The average molecular weight is 392 g/mol. The van der Waals surface area contributed by atoms with Crippen LogP contribution >= 0.6 is 0 Å². The van der Waals surface area contributed by atoms with Gasteiger partial charge in [0.05, 0.1) is 17.6 Å². The van der Waals surface area contributed by atoms with Crippen molar-refractivity contribution < 1.29 is 28.7 Å². The first-order valence-electron chi connectivity index (χ1n) is 9.00. The summed E-state index contributed by atoms with van der Waals surface area (Å²) in [4.78, 5) is 38.5. The Kier molecular flexibility index (Phi) is 5.05. The Labute approximate surface area is 162 Å². The molecule has 0 aromatic heterocycles. The molecule has 0 amide bonds. The van der Waals surface area contributed by atoms with Gasteiger partial charge < -0.3 is 19.1 Å². The molecule has 1 aromatic rings. The van der Waals surface area contributed by atoms with Gasteiger partial charge in [0, 0.05) is 18.0 Å². The Morgan fingerprint density at radius 1 is 1.39 bits per heavy atom. The standard InChI is InChI=1S/C19H24N2O7/c1-18(2)11-27-16(22)15(18)28-17(23)19(7-8-20(3)10-19)13-9-12(26-4)5-6-14(13)21(24)25/h5-6,9,15H,7-8,10-11H2,1-4H3/t15-,19?/m0/s1. The lowest BCUT2D eigenvalue weighted by Crippen LogP contribution is -2.45. The van der Waals surface area contributed by atoms with Gasteiger partial charge >= 0.3 is 11.9 Å². The fourth-order valence-electron chi connectivity index (χ4n) is 3.84. The van der Waals surface area contributed by atoms with E-state index < -0.39 is 33.8 Å². The van der Waals surface area contributed by atoms with E-state index in [0.29, 0.717) is 18.7 Å². The van der Waals surface area contributed by atoms with E-state index >= 15 is 0 Å². The number of hydrogen-bond donors (Lipinski definition) is 0. The maximum Gasteiger partial charge on any atom is 0.348 e. The molecule has 2 aliphatic heterocycles. The third-order valence-corrected chi connectivity index (χ3v) is 5.50. The zero-order chi connectivity index (χ0) is 20.7. The normalized spacial score (nSPS) is 26.7.